The highest BCUT2D eigenvalue weighted by molar-refractivity contribution is 7.51. The number of carbonyl (C=O) groups excluding carboxylic acids is 1. The molecule has 0 saturated carbocycles. The van der Waals surface area contributed by atoms with Gasteiger partial charge in [-0.1, -0.05) is 0 Å². The smallest absolute Gasteiger partial charge is 0.336 e. The second-order valence-corrected chi connectivity index (χ2v) is 4.42. The molecular weight excluding hydrogens is 197 g/mol. The summed E-state index contributed by atoms with van der Waals surface area (Å²) in [5.41, 5.74) is 0. The van der Waals surface area contributed by atoms with Crippen LogP contribution in [-0.2, 0) is 9.36 Å². The molecular formula is C5H10N3O4P. The van der Waals surface area contributed by atoms with Crippen molar-refractivity contribution in [2.24, 2.45) is 0 Å². The van der Waals surface area contributed by atoms with E-state index in [4.69, 9.17) is 15.2 Å². The minimum atomic E-state index is -4.28. The number of nitrogens with zero attached hydrogens (tertiary/aromatic N) is 2. The van der Waals surface area contributed by atoms with E-state index in [2.05, 4.69) is 0 Å². The maximum absolute atomic E-state index is 11.1. The van der Waals surface area contributed by atoms with E-state index < -0.39 is 19.8 Å². The van der Waals surface area contributed by atoms with Crippen LogP contribution in [0.25, 0.3) is 0 Å². The number of amides is 1. The predicted molar refractivity (Wildman–Crippen MR) is 44.1 cm³/mol. The van der Waals surface area contributed by atoms with Gasteiger partial charge in [-0.2, -0.15) is 0 Å². The number of likely N-dealkylation sites (N-methyl/N-ethyl adjacent to an activating group) is 1. The summed E-state index contributed by atoms with van der Waals surface area (Å²) in [6, 6.07) is 0. The van der Waals surface area contributed by atoms with Crippen molar-refractivity contribution >= 4 is 19.5 Å². The van der Waals surface area contributed by atoms with Gasteiger partial charge in [0.15, 0.2) is 0 Å². The molecule has 74 valence electrons. The molecule has 0 aromatic heterocycles. The van der Waals surface area contributed by atoms with Gasteiger partial charge >= 0.3 is 7.60 Å². The molecule has 0 aromatic carbocycles. The van der Waals surface area contributed by atoms with Crippen molar-refractivity contribution in [1.29, 1.82) is 5.41 Å². The summed E-state index contributed by atoms with van der Waals surface area (Å²) in [5, 5.41) is 7.31. The monoisotopic (exact) mass is 207 g/mol. The Morgan fingerprint density at radius 3 is 2.46 bits per heavy atom. The van der Waals surface area contributed by atoms with Crippen LogP contribution in [-0.4, -0.2) is 51.3 Å². The molecule has 0 radical (unpaired) electrons. The molecule has 7 nitrogen and oxygen atoms in total. The first kappa shape index (κ1) is 10.2. The van der Waals surface area contributed by atoms with Crippen LogP contribution < -0.4 is 0 Å². The number of rotatable bonds is 2. The lowest BCUT2D eigenvalue weighted by Crippen LogP contribution is -2.33. The summed E-state index contributed by atoms with van der Waals surface area (Å²) in [6.07, 6.45) is -0.713. The normalized spacial score (nSPS) is 18.7. The van der Waals surface area contributed by atoms with Crippen LogP contribution in [0.15, 0.2) is 0 Å². The van der Waals surface area contributed by atoms with Crippen molar-refractivity contribution in [2.45, 2.75) is 0 Å². The Kier molecular flexibility index (Phi) is 2.42. The zero-order valence-corrected chi connectivity index (χ0v) is 7.86. The number of hydrogen-bond donors (Lipinski definition) is 3. The van der Waals surface area contributed by atoms with Gasteiger partial charge in [0.05, 0.1) is 6.54 Å². The van der Waals surface area contributed by atoms with Gasteiger partial charge in [0.1, 0.15) is 6.29 Å². The summed E-state index contributed by atoms with van der Waals surface area (Å²) in [4.78, 5) is 30.4. The van der Waals surface area contributed by atoms with Crippen molar-refractivity contribution in [2.75, 3.05) is 19.9 Å². The van der Waals surface area contributed by atoms with Crippen molar-refractivity contribution in [3.05, 3.63) is 0 Å². The van der Waals surface area contributed by atoms with E-state index in [0.29, 0.717) is 0 Å². The molecule has 13 heavy (non-hydrogen) atoms. The fraction of sp³-hybridized carbons (Fsp3) is 0.600. The van der Waals surface area contributed by atoms with Gasteiger partial charge in [0.25, 0.3) is 0 Å². The third kappa shape index (κ3) is 2.27. The third-order valence-electron chi connectivity index (χ3n) is 1.62. The highest BCUT2D eigenvalue weighted by Gasteiger charge is 2.34. The van der Waals surface area contributed by atoms with E-state index in [9.17, 15) is 9.36 Å². The number of nitrogens with one attached hydrogen (secondary N) is 1. The SMILES string of the molecule is CN1CC(=O)N(CP(=O)(O)O)C1=N. The van der Waals surface area contributed by atoms with E-state index in [-0.39, 0.29) is 12.5 Å². The van der Waals surface area contributed by atoms with E-state index in [1.54, 1.807) is 0 Å². The highest BCUT2D eigenvalue weighted by Crippen LogP contribution is 2.36. The Labute approximate surface area is 74.6 Å². The largest absolute Gasteiger partial charge is 0.345 e. The zero-order valence-electron chi connectivity index (χ0n) is 6.97. The Morgan fingerprint density at radius 2 is 2.15 bits per heavy atom. The summed E-state index contributed by atoms with van der Waals surface area (Å²) in [7, 11) is -2.76. The topological polar surface area (TPSA) is 105 Å². The minimum absolute atomic E-state index is 0.00116. The summed E-state index contributed by atoms with van der Waals surface area (Å²) < 4.78 is 10.6. The fourth-order valence-corrected chi connectivity index (χ4v) is 1.68. The molecule has 1 heterocycles. The molecule has 1 amide bonds. The van der Waals surface area contributed by atoms with Gasteiger partial charge in [-0.05, 0) is 0 Å². The Morgan fingerprint density at radius 1 is 1.62 bits per heavy atom. The standard InChI is InChI=1S/C5H10N3O4P/c1-7-2-4(9)8(5(7)6)3-13(10,11)12/h6H,2-3H2,1H3,(H2,10,11,12). The second kappa shape index (κ2) is 3.10. The van der Waals surface area contributed by atoms with Crippen LogP contribution in [0.5, 0.6) is 0 Å². The second-order valence-electron chi connectivity index (χ2n) is 2.81. The van der Waals surface area contributed by atoms with Gasteiger partial charge in [-0.25, -0.2) is 0 Å². The average Bonchev–Trinajstić information content (AvgIpc) is 2.14. The molecule has 0 aromatic rings. The molecule has 1 aliphatic rings. The molecule has 0 spiro atoms. The van der Waals surface area contributed by atoms with Crippen LogP contribution in [0.4, 0.5) is 0 Å². The molecule has 1 fully saturated rings. The fourth-order valence-electron chi connectivity index (χ4n) is 1.02. The van der Waals surface area contributed by atoms with Crippen LogP contribution >= 0.6 is 7.60 Å². The minimum Gasteiger partial charge on any atom is -0.336 e. The first-order chi connectivity index (χ1) is 5.81. The van der Waals surface area contributed by atoms with Crippen molar-refractivity contribution < 1.29 is 19.1 Å². The van der Waals surface area contributed by atoms with Crippen molar-refractivity contribution in [3.8, 4) is 0 Å². The molecule has 8 heteroatoms. The van der Waals surface area contributed by atoms with Crippen molar-refractivity contribution in [3.63, 3.8) is 0 Å². The highest BCUT2D eigenvalue weighted by atomic mass is 31.2. The van der Waals surface area contributed by atoms with Gasteiger partial charge in [0.2, 0.25) is 11.9 Å². The van der Waals surface area contributed by atoms with Crippen LogP contribution in [0.2, 0.25) is 0 Å². The summed E-state index contributed by atoms with van der Waals surface area (Å²) in [6.45, 7) is -0.00116. The lowest BCUT2D eigenvalue weighted by molar-refractivity contribution is -0.124. The molecule has 1 rings (SSSR count). The molecule has 0 atom stereocenters. The Balaban J connectivity index is 2.76. The maximum atomic E-state index is 11.1. The molecule has 0 unspecified atom stereocenters. The van der Waals surface area contributed by atoms with Crippen LogP contribution in [0.1, 0.15) is 0 Å². The lowest BCUT2D eigenvalue weighted by atomic mass is 10.6. The molecule has 0 bridgehead atoms. The zero-order chi connectivity index (χ0) is 10.2. The summed E-state index contributed by atoms with van der Waals surface area (Å²) >= 11 is 0. The third-order valence-corrected chi connectivity index (χ3v) is 2.27. The van der Waals surface area contributed by atoms with E-state index in [1.807, 2.05) is 0 Å². The van der Waals surface area contributed by atoms with E-state index in [1.165, 1.54) is 11.9 Å². The first-order valence-electron chi connectivity index (χ1n) is 3.46. The number of hydrogen-bond acceptors (Lipinski definition) is 3. The van der Waals surface area contributed by atoms with Gasteiger partial charge in [0, 0.05) is 7.05 Å². The lowest BCUT2D eigenvalue weighted by Gasteiger charge is -2.16. The van der Waals surface area contributed by atoms with E-state index >= 15 is 0 Å². The Hall–Kier alpha value is -0.910. The van der Waals surface area contributed by atoms with Crippen LogP contribution in [0.3, 0.4) is 0 Å². The first-order valence-corrected chi connectivity index (χ1v) is 5.25. The van der Waals surface area contributed by atoms with Gasteiger partial charge < -0.3 is 14.7 Å². The Bertz CT molecular complexity index is 298. The quantitative estimate of drug-likeness (QED) is 0.495. The predicted octanol–water partition coefficient (Wildman–Crippen LogP) is -1.17. The summed E-state index contributed by atoms with van der Waals surface area (Å²) in [5.74, 6) is -0.635. The average molecular weight is 207 g/mol. The maximum Gasteiger partial charge on any atom is 0.345 e. The van der Waals surface area contributed by atoms with Gasteiger partial charge in [-0.3, -0.25) is 19.7 Å². The van der Waals surface area contributed by atoms with E-state index in [0.717, 1.165) is 4.90 Å². The molecule has 1 saturated heterocycles. The van der Waals surface area contributed by atoms with Crippen molar-refractivity contribution in [1.82, 2.24) is 9.80 Å². The number of guanidine groups is 1. The van der Waals surface area contributed by atoms with Crippen LogP contribution in [0, 0.1) is 5.41 Å². The molecule has 3 N–H and O–H groups in total. The molecule has 0 aliphatic carbocycles. The van der Waals surface area contributed by atoms with Gasteiger partial charge in [-0.15, -0.1) is 0 Å². The number of carbonyl (C=O) groups is 1. The molecule has 1 aliphatic heterocycles.